The van der Waals surface area contributed by atoms with Gasteiger partial charge in [-0.15, -0.1) is 0 Å². The van der Waals surface area contributed by atoms with Crippen molar-refractivity contribution < 1.29 is 0 Å². The molecule has 0 heterocycles. The fourth-order valence-electron chi connectivity index (χ4n) is 2.20. The zero-order chi connectivity index (χ0) is 8.97. The summed E-state index contributed by atoms with van der Waals surface area (Å²) in [5, 5.41) is 0.904. The Balaban J connectivity index is 2.38. The zero-order valence-corrected chi connectivity index (χ0v) is 9.36. The van der Waals surface area contributed by atoms with Gasteiger partial charge in [0.1, 0.15) is 0 Å². The molecule has 1 fully saturated rings. The predicted octanol–water partition coefficient (Wildman–Crippen LogP) is 2.61. The van der Waals surface area contributed by atoms with E-state index in [-0.39, 0.29) is 0 Å². The van der Waals surface area contributed by atoms with Crippen LogP contribution in [0, 0.1) is 0 Å². The molecule has 1 aliphatic rings. The Labute approximate surface area is 80.9 Å². The van der Waals surface area contributed by atoms with Gasteiger partial charge in [0.25, 0.3) is 0 Å². The average Bonchev–Trinajstić information content (AvgIpc) is 2.51. The van der Waals surface area contributed by atoms with Crippen molar-refractivity contribution in [2.75, 3.05) is 19.8 Å². The summed E-state index contributed by atoms with van der Waals surface area (Å²) < 4.78 is 0. The van der Waals surface area contributed by atoms with Crippen LogP contribution in [0.15, 0.2) is 0 Å². The monoisotopic (exact) mass is 187 g/mol. The van der Waals surface area contributed by atoms with Gasteiger partial charge in [0.15, 0.2) is 0 Å². The van der Waals surface area contributed by atoms with Crippen LogP contribution in [-0.2, 0) is 0 Å². The molecule has 0 saturated heterocycles. The molecule has 0 aliphatic heterocycles. The first-order chi connectivity index (χ1) is 5.79. The van der Waals surface area contributed by atoms with E-state index < -0.39 is 0 Å². The number of hydrogen-bond donors (Lipinski definition) is 0. The molecule has 0 spiro atoms. The minimum Gasteiger partial charge on any atom is -0.302 e. The Morgan fingerprint density at radius 1 is 1.42 bits per heavy atom. The first kappa shape index (κ1) is 10.4. The summed E-state index contributed by atoms with van der Waals surface area (Å²) >= 11 is 2.05. The molecule has 1 rings (SSSR count). The molecule has 0 aromatic heterocycles. The summed E-state index contributed by atoms with van der Waals surface area (Å²) in [6.07, 6.45) is 7.82. The highest BCUT2D eigenvalue weighted by atomic mass is 32.2. The van der Waals surface area contributed by atoms with E-state index in [1.165, 1.54) is 32.2 Å². The molecule has 0 radical (unpaired) electrons. The molecule has 1 saturated carbocycles. The third kappa shape index (κ3) is 2.40. The fourth-order valence-corrected chi connectivity index (χ4v) is 3.26. The second kappa shape index (κ2) is 5.13. The Hall–Kier alpha value is 0.310. The number of rotatable bonds is 4. The molecular weight excluding hydrogens is 166 g/mol. The lowest BCUT2D eigenvalue weighted by Gasteiger charge is -2.28. The van der Waals surface area contributed by atoms with Crippen LogP contribution >= 0.6 is 11.8 Å². The van der Waals surface area contributed by atoms with Crippen LogP contribution in [0.2, 0.25) is 0 Å². The highest BCUT2D eigenvalue weighted by Gasteiger charge is 2.28. The van der Waals surface area contributed by atoms with Gasteiger partial charge in [-0.1, -0.05) is 13.3 Å². The molecule has 12 heavy (non-hydrogen) atoms. The van der Waals surface area contributed by atoms with Crippen molar-refractivity contribution in [3.63, 3.8) is 0 Å². The van der Waals surface area contributed by atoms with E-state index in [1.807, 2.05) is 0 Å². The normalized spacial score (nSPS) is 30.0. The Kier molecular flexibility index (Phi) is 4.44. The number of nitrogens with zero attached hydrogens (tertiary/aromatic N) is 1. The van der Waals surface area contributed by atoms with Gasteiger partial charge in [-0.2, -0.15) is 11.8 Å². The Morgan fingerprint density at radius 2 is 2.17 bits per heavy atom. The van der Waals surface area contributed by atoms with Gasteiger partial charge >= 0.3 is 0 Å². The topological polar surface area (TPSA) is 3.24 Å². The van der Waals surface area contributed by atoms with Crippen molar-refractivity contribution in [2.24, 2.45) is 0 Å². The third-order valence-corrected chi connectivity index (χ3v) is 4.02. The van der Waals surface area contributed by atoms with Gasteiger partial charge in [0.2, 0.25) is 0 Å². The Morgan fingerprint density at radius 3 is 2.75 bits per heavy atom. The lowest BCUT2D eigenvalue weighted by atomic mass is 10.2. The average molecular weight is 187 g/mol. The smallest absolute Gasteiger partial charge is 0.0211 e. The van der Waals surface area contributed by atoms with Crippen LogP contribution in [0.5, 0.6) is 0 Å². The predicted molar refractivity (Wildman–Crippen MR) is 57.9 cm³/mol. The van der Waals surface area contributed by atoms with Gasteiger partial charge in [-0.3, -0.25) is 0 Å². The summed E-state index contributed by atoms with van der Waals surface area (Å²) in [5.74, 6) is 0. The standard InChI is InChI=1S/C10H21NS/c1-4-8-11(2)9-6-5-7-10(9)12-3/h9-10H,4-8H2,1-3H3. The van der Waals surface area contributed by atoms with E-state index in [9.17, 15) is 0 Å². The van der Waals surface area contributed by atoms with Crippen molar-refractivity contribution in [3.8, 4) is 0 Å². The van der Waals surface area contributed by atoms with Crippen LogP contribution in [0.25, 0.3) is 0 Å². The molecule has 0 aromatic carbocycles. The first-order valence-corrected chi connectivity index (χ1v) is 6.31. The molecule has 0 aromatic rings. The van der Waals surface area contributed by atoms with Gasteiger partial charge in [-0.05, 0) is 39.1 Å². The molecule has 0 bridgehead atoms. The second-order valence-corrected chi connectivity index (χ2v) is 4.83. The SMILES string of the molecule is CCCN(C)C1CCCC1SC. The number of thioether (sulfide) groups is 1. The molecule has 1 nitrogen and oxygen atoms in total. The van der Waals surface area contributed by atoms with E-state index in [0.29, 0.717) is 0 Å². The first-order valence-electron chi connectivity index (χ1n) is 5.02. The van der Waals surface area contributed by atoms with Gasteiger partial charge < -0.3 is 4.90 Å². The van der Waals surface area contributed by atoms with Crippen molar-refractivity contribution in [2.45, 2.75) is 43.9 Å². The molecule has 2 unspecified atom stereocenters. The number of hydrogen-bond acceptors (Lipinski definition) is 2. The molecule has 1 aliphatic carbocycles. The van der Waals surface area contributed by atoms with Crippen LogP contribution in [0.4, 0.5) is 0 Å². The minimum absolute atomic E-state index is 0.861. The lowest BCUT2D eigenvalue weighted by Crippen LogP contribution is -2.36. The quantitative estimate of drug-likeness (QED) is 0.665. The van der Waals surface area contributed by atoms with Gasteiger partial charge in [0, 0.05) is 11.3 Å². The van der Waals surface area contributed by atoms with E-state index >= 15 is 0 Å². The summed E-state index contributed by atoms with van der Waals surface area (Å²) in [4.78, 5) is 2.55. The highest BCUT2D eigenvalue weighted by molar-refractivity contribution is 7.99. The fraction of sp³-hybridized carbons (Fsp3) is 1.00. The van der Waals surface area contributed by atoms with Gasteiger partial charge in [0.05, 0.1) is 0 Å². The molecule has 2 atom stereocenters. The molecule has 0 amide bonds. The molecule has 0 N–H and O–H groups in total. The van der Waals surface area contributed by atoms with Crippen molar-refractivity contribution in [1.82, 2.24) is 4.90 Å². The van der Waals surface area contributed by atoms with Crippen molar-refractivity contribution in [3.05, 3.63) is 0 Å². The summed E-state index contributed by atoms with van der Waals surface area (Å²) in [6, 6.07) is 0.861. The summed E-state index contributed by atoms with van der Waals surface area (Å²) in [7, 11) is 2.28. The van der Waals surface area contributed by atoms with Crippen molar-refractivity contribution in [1.29, 1.82) is 0 Å². The van der Waals surface area contributed by atoms with E-state index in [4.69, 9.17) is 0 Å². The van der Waals surface area contributed by atoms with Crippen molar-refractivity contribution >= 4 is 11.8 Å². The largest absolute Gasteiger partial charge is 0.302 e. The van der Waals surface area contributed by atoms with Crippen LogP contribution < -0.4 is 0 Å². The third-order valence-electron chi connectivity index (χ3n) is 2.86. The van der Waals surface area contributed by atoms with Crippen LogP contribution in [-0.4, -0.2) is 36.0 Å². The van der Waals surface area contributed by atoms with E-state index in [1.54, 1.807) is 0 Å². The Bertz CT molecular complexity index is 127. The molecule has 72 valence electrons. The maximum atomic E-state index is 2.55. The molecular formula is C10H21NS. The van der Waals surface area contributed by atoms with Crippen LogP contribution in [0.3, 0.4) is 0 Å². The molecule has 2 heteroatoms. The van der Waals surface area contributed by atoms with Gasteiger partial charge in [-0.25, -0.2) is 0 Å². The second-order valence-electron chi connectivity index (χ2n) is 3.75. The minimum atomic E-state index is 0.861. The maximum Gasteiger partial charge on any atom is 0.0211 e. The summed E-state index contributed by atoms with van der Waals surface area (Å²) in [5.41, 5.74) is 0. The van der Waals surface area contributed by atoms with Crippen LogP contribution in [0.1, 0.15) is 32.6 Å². The maximum absolute atomic E-state index is 2.55. The zero-order valence-electron chi connectivity index (χ0n) is 8.55. The highest BCUT2D eigenvalue weighted by Crippen LogP contribution is 2.31. The van der Waals surface area contributed by atoms with E-state index in [0.717, 1.165) is 11.3 Å². The summed E-state index contributed by atoms with van der Waals surface area (Å²) in [6.45, 7) is 3.53. The van der Waals surface area contributed by atoms with E-state index in [2.05, 4.69) is 36.9 Å². The lowest BCUT2D eigenvalue weighted by molar-refractivity contribution is 0.250.